The van der Waals surface area contributed by atoms with Crippen molar-refractivity contribution in [2.45, 2.75) is 18.3 Å². The van der Waals surface area contributed by atoms with Gasteiger partial charge in [-0.2, -0.15) is 0 Å². The summed E-state index contributed by atoms with van der Waals surface area (Å²) in [5, 5.41) is 0. The number of hydrogen-bond acceptors (Lipinski definition) is 0. The molecule has 0 aromatic carbocycles. The summed E-state index contributed by atoms with van der Waals surface area (Å²) in [6, 6.07) is 0. The molecule has 0 saturated heterocycles. The van der Waals surface area contributed by atoms with E-state index in [1.165, 1.54) is 4.44 Å². The molecule has 0 aromatic rings. The standard InChI is InChI=1S/C4H9.BrH.Sn/c1-4(2)3;;/h4H,1H2,2-3H3;1H;/q;;+3/p-1. The zero-order valence-corrected chi connectivity index (χ0v) is 8.60. The van der Waals surface area contributed by atoms with E-state index in [9.17, 15) is 0 Å². The second kappa shape index (κ2) is 4.44. The number of rotatable bonds is 2. The summed E-state index contributed by atoms with van der Waals surface area (Å²) in [5.41, 5.74) is 0. The molecule has 0 aliphatic carbocycles. The summed E-state index contributed by atoms with van der Waals surface area (Å²) >= 11 is 3.48. The predicted molar refractivity (Wildman–Crippen MR) is 34.3 cm³/mol. The van der Waals surface area contributed by atoms with E-state index in [0.29, 0.717) is 0 Å². The normalized spacial score (nSPS) is 8.67. The Balaban J connectivity index is 2.63. The van der Waals surface area contributed by atoms with E-state index in [1.54, 1.807) is 0 Å². The minimum absolute atomic E-state index is 0.0370. The molecule has 0 radical (unpaired) electrons. The van der Waals surface area contributed by atoms with Gasteiger partial charge in [-0.15, -0.1) is 0 Å². The summed E-state index contributed by atoms with van der Waals surface area (Å²) in [7, 11) is 0. The minimum atomic E-state index is -0.0370. The number of halogens is 1. The summed E-state index contributed by atoms with van der Waals surface area (Å²) in [5.74, 6) is 0.927. The Bertz CT molecular complexity index is 28.7. The van der Waals surface area contributed by atoms with Crippen LogP contribution in [-0.2, 0) is 0 Å². The van der Waals surface area contributed by atoms with E-state index in [1.807, 2.05) is 0 Å². The molecule has 0 aliphatic rings. The van der Waals surface area contributed by atoms with Gasteiger partial charge in [-0.1, -0.05) is 0 Å². The van der Waals surface area contributed by atoms with Crippen LogP contribution in [0, 0.1) is 5.92 Å². The average Bonchev–Trinajstić information content (AvgIpc) is 1.35. The fraction of sp³-hybridized carbons (Fsp3) is 1.00. The molecule has 0 nitrogen and oxygen atoms in total. The van der Waals surface area contributed by atoms with Crippen LogP contribution < -0.4 is 0 Å². The molecule has 0 bridgehead atoms. The second-order valence-electron chi connectivity index (χ2n) is 1.73. The molecule has 0 heterocycles. The fourth-order valence-electron chi connectivity index (χ4n) is 0.154. The van der Waals surface area contributed by atoms with Crippen molar-refractivity contribution in [1.29, 1.82) is 0 Å². The molecule has 0 spiro atoms. The molecule has 0 atom stereocenters. The summed E-state index contributed by atoms with van der Waals surface area (Å²) in [6.45, 7) is 4.53. The Labute approximate surface area is 55.7 Å². The molecule has 0 fully saturated rings. The molecule has 0 saturated carbocycles. The van der Waals surface area contributed by atoms with Gasteiger partial charge < -0.3 is 0 Å². The van der Waals surface area contributed by atoms with Gasteiger partial charge in [0.15, 0.2) is 0 Å². The van der Waals surface area contributed by atoms with Crippen LogP contribution in [0.3, 0.4) is 0 Å². The first-order valence-corrected chi connectivity index (χ1v) is 10.5. The second-order valence-corrected chi connectivity index (χ2v) is 7.42. The van der Waals surface area contributed by atoms with Crippen LogP contribution in [0.25, 0.3) is 0 Å². The van der Waals surface area contributed by atoms with E-state index in [4.69, 9.17) is 0 Å². The molecule has 0 rings (SSSR count). The van der Waals surface area contributed by atoms with Crippen molar-refractivity contribution in [2.75, 3.05) is 0 Å². The molecule has 0 unspecified atom stereocenters. The van der Waals surface area contributed by atoms with Gasteiger partial charge in [0, 0.05) is 0 Å². The van der Waals surface area contributed by atoms with Gasteiger partial charge in [-0.3, -0.25) is 0 Å². The fourth-order valence-corrected chi connectivity index (χ4v) is 5.38. The summed E-state index contributed by atoms with van der Waals surface area (Å²) in [6.07, 6.45) is 0. The first kappa shape index (κ1) is 7.28. The topological polar surface area (TPSA) is 0 Å². The van der Waals surface area contributed by atoms with Crippen LogP contribution in [-0.4, -0.2) is 18.9 Å². The van der Waals surface area contributed by atoms with Crippen LogP contribution >= 0.6 is 12.7 Å². The average molecular weight is 256 g/mol. The Morgan fingerprint density at radius 1 is 1.67 bits per heavy atom. The first-order chi connectivity index (χ1) is 2.77. The summed E-state index contributed by atoms with van der Waals surface area (Å²) in [4.78, 5) is 0. The van der Waals surface area contributed by atoms with Crippen LogP contribution in [0.1, 0.15) is 13.8 Å². The van der Waals surface area contributed by atoms with Crippen LogP contribution in [0.4, 0.5) is 0 Å². The van der Waals surface area contributed by atoms with Crippen molar-refractivity contribution in [1.82, 2.24) is 0 Å². The molecule has 0 amide bonds. The van der Waals surface area contributed by atoms with E-state index in [0.717, 1.165) is 5.92 Å². The monoisotopic (exact) mass is 256 g/mol. The van der Waals surface area contributed by atoms with E-state index in [-0.39, 0.29) is 18.9 Å². The van der Waals surface area contributed by atoms with E-state index < -0.39 is 0 Å². The van der Waals surface area contributed by atoms with Crippen molar-refractivity contribution >= 4 is 31.6 Å². The molecular weight excluding hydrogens is 247 g/mol. The van der Waals surface area contributed by atoms with E-state index in [2.05, 4.69) is 26.6 Å². The SMILES string of the molecule is CC(C)[CH2][Sn+2][Br]. The third-order valence-corrected chi connectivity index (χ3v) is 5.43. The quantitative estimate of drug-likeness (QED) is 0.663. The zero-order valence-electron chi connectivity index (χ0n) is 4.16. The molecular formula is C4H9BrSn+2. The Morgan fingerprint density at radius 2 is 2.17 bits per heavy atom. The van der Waals surface area contributed by atoms with Crippen LogP contribution in [0.2, 0.25) is 4.44 Å². The third-order valence-electron chi connectivity index (χ3n) is 0.485. The van der Waals surface area contributed by atoms with Gasteiger partial charge in [0.2, 0.25) is 0 Å². The molecule has 0 aliphatic heterocycles. The van der Waals surface area contributed by atoms with Gasteiger partial charge in [0.25, 0.3) is 0 Å². The van der Waals surface area contributed by atoms with Gasteiger partial charge in [-0.05, 0) is 0 Å². The van der Waals surface area contributed by atoms with Gasteiger partial charge in [-0.25, -0.2) is 0 Å². The molecule has 0 aromatic heterocycles. The van der Waals surface area contributed by atoms with Crippen molar-refractivity contribution in [3.8, 4) is 0 Å². The van der Waals surface area contributed by atoms with Crippen molar-refractivity contribution in [3.05, 3.63) is 0 Å². The van der Waals surface area contributed by atoms with Crippen molar-refractivity contribution in [3.63, 3.8) is 0 Å². The van der Waals surface area contributed by atoms with Crippen molar-refractivity contribution < 1.29 is 0 Å². The van der Waals surface area contributed by atoms with Gasteiger partial charge in [0.05, 0.1) is 0 Å². The van der Waals surface area contributed by atoms with Crippen molar-refractivity contribution in [2.24, 2.45) is 5.92 Å². The predicted octanol–water partition coefficient (Wildman–Crippen LogP) is 2.07. The Hall–Kier alpha value is 1.28. The maximum absolute atomic E-state index is 3.52. The molecule has 6 heavy (non-hydrogen) atoms. The Kier molecular flexibility index (Phi) is 5.38. The molecule has 34 valence electrons. The molecule has 2 heteroatoms. The zero-order chi connectivity index (χ0) is 4.99. The molecule has 0 N–H and O–H groups in total. The maximum atomic E-state index is 3.52. The number of hydrogen-bond donors (Lipinski definition) is 0. The van der Waals surface area contributed by atoms with Crippen LogP contribution in [0.15, 0.2) is 0 Å². The Morgan fingerprint density at radius 3 is 2.17 bits per heavy atom. The van der Waals surface area contributed by atoms with E-state index >= 15 is 0 Å². The van der Waals surface area contributed by atoms with Gasteiger partial charge >= 0.3 is 55.8 Å². The first-order valence-electron chi connectivity index (χ1n) is 2.11. The third kappa shape index (κ3) is 5.28. The van der Waals surface area contributed by atoms with Gasteiger partial charge in [0.1, 0.15) is 0 Å². The van der Waals surface area contributed by atoms with Crippen LogP contribution in [0.5, 0.6) is 0 Å². The summed E-state index contributed by atoms with van der Waals surface area (Å²) < 4.78 is 1.46.